The smallest absolute Gasteiger partial charge is 0.256 e. The average molecular weight is 232 g/mol. The highest BCUT2D eigenvalue weighted by molar-refractivity contribution is 5.69. The summed E-state index contributed by atoms with van der Waals surface area (Å²) in [6, 6.07) is 1.70. The number of rotatable bonds is 2. The van der Waals surface area contributed by atoms with E-state index >= 15 is 0 Å². The fourth-order valence-electron chi connectivity index (χ4n) is 1.94. The van der Waals surface area contributed by atoms with Gasteiger partial charge in [0.05, 0.1) is 24.1 Å². The predicted molar refractivity (Wildman–Crippen MR) is 62.2 cm³/mol. The highest BCUT2D eigenvalue weighted by Crippen LogP contribution is 2.28. The molecule has 0 aromatic carbocycles. The Morgan fingerprint density at radius 2 is 2.24 bits per heavy atom. The molecule has 0 aliphatic carbocycles. The molecule has 0 saturated carbocycles. The molecule has 0 unspecified atom stereocenters. The number of anilines is 1. The minimum atomic E-state index is -0.295. The molecule has 0 bridgehead atoms. The van der Waals surface area contributed by atoms with E-state index in [0.717, 1.165) is 17.9 Å². The van der Waals surface area contributed by atoms with Crippen molar-refractivity contribution in [2.75, 3.05) is 18.0 Å². The van der Waals surface area contributed by atoms with E-state index in [1.165, 1.54) is 18.7 Å². The molecular weight excluding hydrogens is 220 g/mol. The molecule has 0 atom stereocenters. The van der Waals surface area contributed by atoms with Gasteiger partial charge in [0.2, 0.25) is 0 Å². The Hall–Kier alpha value is -2.17. The van der Waals surface area contributed by atoms with Crippen molar-refractivity contribution in [1.82, 2.24) is 4.98 Å². The van der Waals surface area contributed by atoms with E-state index in [0.29, 0.717) is 6.54 Å². The Kier molecular flexibility index (Phi) is 2.36. The van der Waals surface area contributed by atoms with Crippen molar-refractivity contribution in [1.29, 1.82) is 0 Å². The zero-order valence-electron chi connectivity index (χ0n) is 9.11. The van der Waals surface area contributed by atoms with Crippen LogP contribution in [-0.2, 0) is 9.47 Å². The quantitative estimate of drug-likeness (QED) is 0.836. The topological polar surface area (TPSA) is 54.8 Å². The molecule has 0 saturated heterocycles. The Bertz CT molecular complexity index is 477. The van der Waals surface area contributed by atoms with Gasteiger partial charge in [-0.05, 0) is 6.08 Å². The van der Waals surface area contributed by atoms with Crippen LogP contribution in [-0.4, -0.2) is 29.5 Å². The van der Waals surface area contributed by atoms with Crippen molar-refractivity contribution >= 4 is 11.8 Å². The first-order valence-electron chi connectivity index (χ1n) is 5.39. The molecule has 1 aromatic heterocycles. The molecule has 0 spiro atoms. The molecule has 2 aliphatic rings. The van der Waals surface area contributed by atoms with Crippen molar-refractivity contribution in [3.63, 3.8) is 0 Å². The SMILES string of the molecule is Oc1cnc2c(c1)N(CC1OC=CO1)CC=C2. The van der Waals surface area contributed by atoms with Crippen LogP contribution < -0.4 is 4.90 Å². The van der Waals surface area contributed by atoms with Gasteiger partial charge in [-0.3, -0.25) is 4.98 Å². The molecule has 5 heteroatoms. The molecule has 0 fully saturated rings. The third kappa shape index (κ3) is 1.91. The van der Waals surface area contributed by atoms with E-state index in [1.807, 2.05) is 12.2 Å². The van der Waals surface area contributed by atoms with Crippen LogP contribution in [0.25, 0.3) is 6.08 Å². The first kappa shape index (κ1) is 10.0. The normalized spacial score (nSPS) is 17.8. The van der Waals surface area contributed by atoms with Gasteiger partial charge in [0, 0.05) is 12.6 Å². The van der Waals surface area contributed by atoms with Gasteiger partial charge in [-0.25, -0.2) is 0 Å². The summed E-state index contributed by atoms with van der Waals surface area (Å²) < 4.78 is 10.5. The molecule has 3 heterocycles. The van der Waals surface area contributed by atoms with E-state index < -0.39 is 0 Å². The summed E-state index contributed by atoms with van der Waals surface area (Å²) in [6.45, 7) is 1.34. The third-order valence-corrected chi connectivity index (χ3v) is 2.71. The van der Waals surface area contributed by atoms with Crippen molar-refractivity contribution in [3.05, 3.63) is 36.6 Å². The molecule has 17 heavy (non-hydrogen) atoms. The molecule has 88 valence electrons. The molecule has 1 N–H and O–H groups in total. The van der Waals surface area contributed by atoms with Crippen LogP contribution in [0.2, 0.25) is 0 Å². The summed E-state index contributed by atoms with van der Waals surface area (Å²) in [5.41, 5.74) is 1.74. The molecule has 3 rings (SSSR count). The van der Waals surface area contributed by atoms with Crippen LogP contribution in [0.1, 0.15) is 5.69 Å². The van der Waals surface area contributed by atoms with Crippen LogP contribution in [0.4, 0.5) is 5.69 Å². The number of ether oxygens (including phenoxy) is 2. The van der Waals surface area contributed by atoms with Gasteiger partial charge in [-0.15, -0.1) is 0 Å². The molecule has 0 amide bonds. The van der Waals surface area contributed by atoms with Crippen LogP contribution >= 0.6 is 0 Å². The summed E-state index contributed by atoms with van der Waals surface area (Å²) in [5, 5.41) is 9.48. The van der Waals surface area contributed by atoms with Crippen molar-refractivity contribution in [2.45, 2.75) is 6.29 Å². The third-order valence-electron chi connectivity index (χ3n) is 2.71. The maximum absolute atomic E-state index is 9.48. The summed E-state index contributed by atoms with van der Waals surface area (Å²) in [5.74, 6) is 0.162. The van der Waals surface area contributed by atoms with Crippen LogP contribution in [0, 0.1) is 0 Å². The van der Waals surface area contributed by atoms with Crippen molar-refractivity contribution in [2.24, 2.45) is 0 Å². The lowest BCUT2D eigenvalue weighted by molar-refractivity contribution is -0.0148. The van der Waals surface area contributed by atoms with E-state index in [4.69, 9.17) is 9.47 Å². The summed E-state index contributed by atoms with van der Waals surface area (Å²) in [7, 11) is 0. The van der Waals surface area contributed by atoms with Gasteiger partial charge in [-0.1, -0.05) is 6.08 Å². The summed E-state index contributed by atoms with van der Waals surface area (Å²) in [6.07, 6.45) is 8.18. The zero-order valence-corrected chi connectivity index (χ0v) is 9.11. The predicted octanol–water partition coefficient (Wildman–Crippen LogP) is 1.46. The van der Waals surface area contributed by atoms with E-state index in [9.17, 15) is 5.11 Å². The monoisotopic (exact) mass is 232 g/mol. The lowest BCUT2D eigenvalue weighted by atomic mass is 10.2. The van der Waals surface area contributed by atoms with Gasteiger partial charge in [-0.2, -0.15) is 0 Å². The number of fused-ring (bicyclic) bond motifs is 1. The Labute approximate surface area is 98.6 Å². The summed E-state index contributed by atoms with van der Waals surface area (Å²) in [4.78, 5) is 6.22. The van der Waals surface area contributed by atoms with E-state index in [2.05, 4.69) is 9.88 Å². The Balaban J connectivity index is 1.83. The largest absolute Gasteiger partial charge is 0.506 e. The molecule has 1 aromatic rings. The minimum Gasteiger partial charge on any atom is -0.506 e. The first-order valence-corrected chi connectivity index (χ1v) is 5.39. The fraction of sp³-hybridized carbons (Fsp3) is 0.250. The van der Waals surface area contributed by atoms with Gasteiger partial charge in [0.25, 0.3) is 6.29 Å². The Morgan fingerprint density at radius 1 is 1.41 bits per heavy atom. The van der Waals surface area contributed by atoms with E-state index in [-0.39, 0.29) is 12.0 Å². The van der Waals surface area contributed by atoms with Gasteiger partial charge >= 0.3 is 0 Å². The average Bonchev–Trinajstić information content (AvgIpc) is 2.83. The molecular formula is C12H12N2O3. The zero-order chi connectivity index (χ0) is 11.7. The number of nitrogens with zero attached hydrogens (tertiary/aromatic N) is 2. The first-order chi connectivity index (χ1) is 8.33. The van der Waals surface area contributed by atoms with Gasteiger partial charge < -0.3 is 19.5 Å². The molecule has 2 aliphatic heterocycles. The lowest BCUT2D eigenvalue weighted by Crippen LogP contribution is -2.34. The maximum atomic E-state index is 9.48. The lowest BCUT2D eigenvalue weighted by Gasteiger charge is -2.28. The van der Waals surface area contributed by atoms with Gasteiger partial charge in [0.15, 0.2) is 0 Å². The summed E-state index contributed by atoms with van der Waals surface area (Å²) >= 11 is 0. The van der Waals surface area contributed by atoms with Crippen LogP contribution in [0.5, 0.6) is 5.75 Å². The second kappa shape index (κ2) is 4.01. The van der Waals surface area contributed by atoms with Crippen LogP contribution in [0.15, 0.2) is 30.9 Å². The highest BCUT2D eigenvalue weighted by Gasteiger charge is 2.21. The van der Waals surface area contributed by atoms with Gasteiger partial charge in [0.1, 0.15) is 18.3 Å². The van der Waals surface area contributed by atoms with Crippen molar-refractivity contribution < 1.29 is 14.6 Å². The number of hydrogen-bond acceptors (Lipinski definition) is 5. The second-order valence-corrected chi connectivity index (χ2v) is 3.88. The number of aromatic nitrogens is 1. The Morgan fingerprint density at radius 3 is 3.06 bits per heavy atom. The molecule has 5 nitrogen and oxygen atoms in total. The minimum absolute atomic E-state index is 0.162. The van der Waals surface area contributed by atoms with E-state index in [1.54, 1.807) is 6.07 Å². The number of aromatic hydroxyl groups is 1. The number of hydrogen-bond donors (Lipinski definition) is 1. The standard InChI is InChI=1S/C12H12N2O3/c15-9-6-11-10(13-7-9)2-1-3-14(11)8-12-16-4-5-17-12/h1-2,4-7,12,15H,3,8H2. The number of pyridine rings is 1. The fourth-order valence-corrected chi connectivity index (χ4v) is 1.94. The molecule has 0 radical (unpaired) electrons. The van der Waals surface area contributed by atoms with Crippen LogP contribution in [0.3, 0.4) is 0 Å². The maximum Gasteiger partial charge on any atom is 0.256 e. The van der Waals surface area contributed by atoms with Crippen molar-refractivity contribution in [3.8, 4) is 5.75 Å². The highest BCUT2D eigenvalue weighted by atomic mass is 16.7. The second-order valence-electron chi connectivity index (χ2n) is 3.88.